The van der Waals surface area contributed by atoms with Gasteiger partial charge in [0.1, 0.15) is 5.69 Å². The minimum atomic E-state index is -3.31. The highest BCUT2D eigenvalue weighted by atomic mass is 32.2. The van der Waals surface area contributed by atoms with Crippen LogP contribution in [0, 0.1) is 0 Å². The van der Waals surface area contributed by atoms with Crippen LogP contribution in [0.3, 0.4) is 0 Å². The number of carbonyl (C=O) groups excluding carboxylic acids is 2. The van der Waals surface area contributed by atoms with Crippen molar-refractivity contribution in [3.63, 3.8) is 0 Å². The Kier molecular flexibility index (Phi) is 4.70. The smallest absolute Gasteiger partial charge is 0.267 e. The van der Waals surface area contributed by atoms with Crippen LogP contribution in [0.15, 0.2) is 41.4 Å². The van der Waals surface area contributed by atoms with E-state index in [2.05, 4.69) is 15.3 Å². The number of aromatic nitrogens is 2. The van der Waals surface area contributed by atoms with Crippen LogP contribution in [0.1, 0.15) is 16.1 Å². The molecule has 0 aliphatic heterocycles. The number of sulfone groups is 1. The molecule has 3 rings (SSSR count). The number of carbonyl (C=O) groups is 2. The number of amides is 2. The topological polar surface area (TPSA) is 132 Å². The molecule has 2 aromatic heterocycles. The molecule has 0 saturated heterocycles. The van der Waals surface area contributed by atoms with Gasteiger partial charge < -0.3 is 11.1 Å². The number of nitrogens with two attached hydrogens (primary N) is 1. The van der Waals surface area contributed by atoms with E-state index in [0.717, 1.165) is 6.26 Å². The molecule has 0 bridgehead atoms. The molecule has 2 amide bonds. The second-order valence-corrected chi connectivity index (χ2v) is 8.61. The lowest BCUT2D eigenvalue weighted by atomic mass is 10.2. The number of thiazole rings is 1. The number of hydrogen-bond acceptors (Lipinski definition) is 7. The average Bonchev–Trinajstić information content (AvgIpc) is 2.95. The largest absolute Gasteiger partial charge is 0.364 e. The third-order valence-electron chi connectivity index (χ3n) is 3.48. The van der Waals surface area contributed by atoms with Gasteiger partial charge in [-0.15, -0.1) is 0 Å². The van der Waals surface area contributed by atoms with Crippen molar-refractivity contribution in [2.45, 2.75) is 11.3 Å². The first kappa shape index (κ1) is 18.0. The number of rotatable bonds is 5. The van der Waals surface area contributed by atoms with Crippen molar-refractivity contribution < 1.29 is 18.0 Å². The Balaban J connectivity index is 1.73. The third kappa shape index (κ3) is 4.03. The van der Waals surface area contributed by atoms with Crippen LogP contribution in [-0.2, 0) is 21.1 Å². The van der Waals surface area contributed by atoms with Gasteiger partial charge in [0, 0.05) is 12.5 Å². The zero-order valence-electron chi connectivity index (χ0n) is 13.6. The molecule has 8 nitrogen and oxygen atoms in total. The van der Waals surface area contributed by atoms with Crippen molar-refractivity contribution in [2.75, 3.05) is 11.6 Å². The lowest BCUT2D eigenvalue weighted by molar-refractivity contribution is -0.115. The Bertz CT molecular complexity index is 1100. The van der Waals surface area contributed by atoms with Gasteiger partial charge in [-0.1, -0.05) is 17.4 Å². The fourth-order valence-corrected chi connectivity index (χ4v) is 3.86. The Morgan fingerprint density at radius 3 is 2.62 bits per heavy atom. The van der Waals surface area contributed by atoms with Gasteiger partial charge in [0.2, 0.25) is 5.91 Å². The van der Waals surface area contributed by atoms with Crippen LogP contribution in [0.2, 0.25) is 0 Å². The number of hydrogen-bond donors (Lipinski definition) is 2. The fraction of sp³-hybridized carbons (Fsp3) is 0.125. The maximum atomic E-state index is 12.1. The second kappa shape index (κ2) is 6.81. The van der Waals surface area contributed by atoms with Gasteiger partial charge in [-0.2, -0.15) is 0 Å². The number of benzene rings is 1. The van der Waals surface area contributed by atoms with E-state index in [1.165, 1.54) is 35.7 Å². The Morgan fingerprint density at radius 1 is 1.23 bits per heavy atom. The molecule has 0 fully saturated rings. The predicted molar refractivity (Wildman–Crippen MR) is 97.8 cm³/mol. The maximum absolute atomic E-state index is 12.1. The van der Waals surface area contributed by atoms with E-state index in [0.29, 0.717) is 20.9 Å². The van der Waals surface area contributed by atoms with Gasteiger partial charge in [-0.05, 0) is 29.8 Å². The van der Waals surface area contributed by atoms with Crippen LogP contribution in [0.5, 0.6) is 0 Å². The van der Waals surface area contributed by atoms with Crippen molar-refractivity contribution in [1.29, 1.82) is 0 Å². The molecule has 2 heterocycles. The molecular weight excluding hydrogens is 376 g/mol. The maximum Gasteiger partial charge on any atom is 0.267 e. The molecule has 3 aromatic rings. The highest BCUT2D eigenvalue weighted by molar-refractivity contribution is 7.90. The Hall–Kier alpha value is -2.85. The SMILES string of the molecule is CS(=O)(=O)c1ccc2nc(NC(=O)Cc3ccc(C(N)=O)nc3)sc2c1. The molecule has 0 unspecified atom stereocenters. The molecule has 26 heavy (non-hydrogen) atoms. The third-order valence-corrected chi connectivity index (χ3v) is 5.52. The van der Waals surface area contributed by atoms with E-state index in [4.69, 9.17) is 5.73 Å². The molecule has 0 atom stereocenters. The van der Waals surface area contributed by atoms with Gasteiger partial charge in [-0.25, -0.2) is 13.4 Å². The minimum Gasteiger partial charge on any atom is -0.364 e. The molecule has 0 aliphatic rings. The predicted octanol–water partition coefficient (Wildman–Crippen LogP) is 1.37. The highest BCUT2D eigenvalue weighted by Crippen LogP contribution is 2.28. The number of fused-ring (bicyclic) bond motifs is 1. The summed E-state index contributed by atoms with van der Waals surface area (Å²) >= 11 is 1.19. The minimum absolute atomic E-state index is 0.0521. The summed E-state index contributed by atoms with van der Waals surface area (Å²) in [4.78, 5) is 31.5. The lowest BCUT2D eigenvalue weighted by Gasteiger charge is -2.02. The number of pyridine rings is 1. The summed E-state index contributed by atoms with van der Waals surface area (Å²) in [6, 6.07) is 7.67. The summed E-state index contributed by atoms with van der Waals surface area (Å²) in [7, 11) is -3.31. The molecule has 3 N–H and O–H groups in total. The first-order valence-electron chi connectivity index (χ1n) is 7.37. The van der Waals surface area contributed by atoms with Crippen LogP contribution in [0.4, 0.5) is 5.13 Å². The summed E-state index contributed by atoms with van der Waals surface area (Å²) in [5, 5.41) is 3.05. The van der Waals surface area contributed by atoms with Crippen molar-refractivity contribution >= 4 is 48.3 Å². The van der Waals surface area contributed by atoms with Gasteiger partial charge in [0.25, 0.3) is 5.91 Å². The van der Waals surface area contributed by atoms with Gasteiger partial charge in [-0.3, -0.25) is 14.6 Å². The summed E-state index contributed by atoms with van der Waals surface area (Å²) < 4.78 is 23.9. The monoisotopic (exact) mass is 390 g/mol. The zero-order valence-corrected chi connectivity index (χ0v) is 15.2. The van der Waals surface area contributed by atoms with Crippen LogP contribution >= 0.6 is 11.3 Å². The molecule has 0 radical (unpaired) electrons. The number of anilines is 1. The lowest BCUT2D eigenvalue weighted by Crippen LogP contribution is -2.16. The highest BCUT2D eigenvalue weighted by Gasteiger charge is 2.13. The number of nitrogens with zero attached hydrogens (tertiary/aromatic N) is 2. The van der Waals surface area contributed by atoms with E-state index in [1.54, 1.807) is 12.1 Å². The molecule has 0 saturated carbocycles. The van der Waals surface area contributed by atoms with E-state index in [9.17, 15) is 18.0 Å². The summed E-state index contributed by atoms with van der Waals surface area (Å²) in [5.41, 5.74) is 6.46. The van der Waals surface area contributed by atoms with Gasteiger partial charge in [0.05, 0.1) is 21.5 Å². The Labute approximate surface area is 153 Å². The second-order valence-electron chi connectivity index (χ2n) is 5.56. The van der Waals surface area contributed by atoms with Crippen LogP contribution < -0.4 is 11.1 Å². The molecular formula is C16H14N4O4S2. The van der Waals surface area contributed by atoms with E-state index < -0.39 is 15.7 Å². The molecule has 10 heteroatoms. The fourth-order valence-electron chi connectivity index (χ4n) is 2.21. The van der Waals surface area contributed by atoms with Crippen molar-refractivity contribution in [2.24, 2.45) is 5.73 Å². The van der Waals surface area contributed by atoms with Crippen molar-refractivity contribution in [3.05, 3.63) is 47.8 Å². The summed E-state index contributed by atoms with van der Waals surface area (Å²) in [6.07, 6.45) is 2.60. The number of nitrogens with one attached hydrogen (secondary N) is 1. The average molecular weight is 390 g/mol. The first-order chi connectivity index (χ1) is 12.2. The van der Waals surface area contributed by atoms with Crippen LogP contribution in [-0.4, -0.2) is 36.5 Å². The zero-order chi connectivity index (χ0) is 18.9. The standard InChI is InChI=1S/C16H14N4O4S2/c1-26(23,24)10-3-5-11-13(7-10)25-16(19-11)20-14(21)6-9-2-4-12(15(17)22)18-8-9/h2-5,7-8H,6H2,1H3,(H2,17,22)(H,19,20,21). The normalized spacial score (nSPS) is 11.4. The quantitative estimate of drug-likeness (QED) is 0.676. The molecule has 1 aromatic carbocycles. The van der Waals surface area contributed by atoms with Gasteiger partial charge >= 0.3 is 0 Å². The van der Waals surface area contributed by atoms with Crippen molar-refractivity contribution in [3.8, 4) is 0 Å². The Morgan fingerprint density at radius 2 is 2.00 bits per heavy atom. The van der Waals surface area contributed by atoms with E-state index in [-0.39, 0.29) is 22.9 Å². The van der Waals surface area contributed by atoms with Crippen LogP contribution in [0.25, 0.3) is 10.2 Å². The summed E-state index contributed by atoms with van der Waals surface area (Å²) in [5.74, 6) is -0.940. The molecule has 0 spiro atoms. The van der Waals surface area contributed by atoms with Crippen molar-refractivity contribution in [1.82, 2.24) is 9.97 Å². The number of primary amides is 1. The van der Waals surface area contributed by atoms with E-state index >= 15 is 0 Å². The first-order valence-corrected chi connectivity index (χ1v) is 10.1. The van der Waals surface area contributed by atoms with E-state index in [1.807, 2.05) is 0 Å². The van der Waals surface area contributed by atoms with Gasteiger partial charge in [0.15, 0.2) is 15.0 Å². The molecule has 134 valence electrons. The summed E-state index contributed by atoms with van der Waals surface area (Å²) in [6.45, 7) is 0. The molecule has 0 aliphatic carbocycles.